The summed E-state index contributed by atoms with van der Waals surface area (Å²) in [6.07, 6.45) is 3.06. The van der Waals surface area contributed by atoms with Gasteiger partial charge in [0.25, 0.3) is 5.69 Å². The van der Waals surface area contributed by atoms with Crippen LogP contribution in [0.3, 0.4) is 0 Å². The number of hydrogen-bond acceptors (Lipinski definition) is 3. The number of halogens is 1. The molecule has 6 heteroatoms. The van der Waals surface area contributed by atoms with Crippen LogP contribution in [-0.2, 0) is 4.79 Å². The second-order valence-corrected chi connectivity index (χ2v) is 5.41. The summed E-state index contributed by atoms with van der Waals surface area (Å²) in [5, 5.41) is 13.5. The van der Waals surface area contributed by atoms with Gasteiger partial charge in [-0.2, -0.15) is 0 Å². The van der Waals surface area contributed by atoms with Gasteiger partial charge in [0.2, 0.25) is 5.91 Å². The lowest BCUT2D eigenvalue weighted by Crippen LogP contribution is -2.09. The second kappa shape index (κ2) is 7.00. The normalized spacial score (nSPS) is 10.6. The van der Waals surface area contributed by atoms with Gasteiger partial charge in [-0.1, -0.05) is 40.2 Å². The van der Waals surface area contributed by atoms with Crippen LogP contribution in [0, 0.1) is 17.0 Å². The SMILES string of the molecule is Cc1c(NC(=O)C=Cc2ccccc2Br)cccc1[N+](=O)[O-]. The third-order valence-electron chi connectivity index (χ3n) is 3.08. The minimum atomic E-state index is -0.470. The van der Waals surface area contributed by atoms with Crippen molar-refractivity contribution in [2.45, 2.75) is 6.92 Å². The fourth-order valence-corrected chi connectivity index (χ4v) is 2.32. The molecule has 0 atom stereocenters. The number of nitro groups is 1. The maximum atomic E-state index is 11.9. The highest BCUT2D eigenvalue weighted by molar-refractivity contribution is 9.10. The fraction of sp³-hybridized carbons (Fsp3) is 0.0625. The number of nitro benzene ring substituents is 1. The minimum absolute atomic E-state index is 0.0208. The van der Waals surface area contributed by atoms with Crippen molar-refractivity contribution in [2.75, 3.05) is 5.32 Å². The van der Waals surface area contributed by atoms with Gasteiger partial charge in [-0.05, 0) is 30.7 Å². The van der Waals surface area contributed by atoms with Gasteiger partial charge in [-0.25, -0.2) is 0 Å². The Morgan fingerprint density at radius 3 is 2.64 bits per heavy atom. The Morgan fingerprint density at radius 1 is 1.23 bits per heavy atom. The molecule has 0 spiro atoms. The summed E-state index contributed by atoms with van der Waals surface area (Å²) in [7, 11) is 0. The van der Waals surface area contributed by atoms with E-state index in [2.05, 4.69) is 21.2 Å². The molecule has 2 rings (SSSR count). The molecule has 0 aliphatic rings. The second-order valence-electron chi connectivity index (χ2n) is 4.55. The van der Waals surface area contributed by atoms with E-state index in [-0.39, 0.29) is 11.6 Å². The molecule has 0 aromatic heterocycles. The molecule has 0 heterocycles. The quantitative estimate of drug-likeness (QED) is 0.501. The van der Waals surface area contributed by atoms with Gasteiger partial charge in [0.15, 0.2) is 0 Å². The van der Waals surface area contributed by atoms with E-state index in [1.165, 1.54) is 18.2 Å². The van der Waals surface area contributed by atoms with Gasteiger partial charge in [0.05, 0.1) is 16.2 Å². The van der Waals surface area contributed by atoms with Crippen LogP contribution >= 0.6 is 15.9 Å². The smallest absolute Gasteiger partial charge is 0.274 e. The first kappa shape index (κ1) is 15.9. The number of benzene rings is 2. The predicted molar refractivity (Wildman–Crippen MR) is 89.6 cm³/mol. The molecule has 22 heavy (non-hydrogen) atoms. The summed E-state index contributed by atoms with van der Waals surface area (Å²) in [6.45, 7) is 1.60. The monoisotopic (exact) mass is 360 g/mol. The zero-order chi connectivity index (χ0) is 16.1. The number of nitrogens with zero attached hydrogens (tertiary/aromatic N) is 1. The van der Waals surface area contributed by atoms with Gasteiger partial charge < -0.3 is 5.32 Å². The number of anilines is 1. The Hall–Kier alpha value is -2.47. The lowest BCUT2D eigenvalue weighted by atomic mass is 10.1. The molecule has 2 aromatic rings. The Kier molecular flexibility index (Phi) is 5.06. The van der Waals surface area contributed by atoms with Crippen molar-refractivity contribution in [1.82, 2.24) is 0 Å². The summed E-state index contributed by atoms with van der Waals surface area (Å²) in [5.41, 5.74) is 1.70. The minimum Gasteiger partial charge on any atom is -0.322 e. The molecule has 0 fully saturated rings. The maximum Gasteiger partial charge on any atom is 0.274 e. The van der Waals surface area contributed by atoms with Crippen LogP contribution in [0.25, 0.3) is 6.08 Å². The van der Waals surface area contributed by atoms with E-state index >= 15 is 0 Å². The van der Waals surface area contributed by atoms with Crippen LogP contribution in [-0.4, -0.2) is 10.8 Å². The highest BCUT2D eigenvalue weighted by Gasteiger charge is 2.13. The topological polar surface area (TPSA) is 72.2 Å². The van der Waals surface area contributed by atoms with E-state index in [1.807, 2.05) is 24.3 Å². The zero-order valence-electron chi connectivity index (χ0n) is 11.7. The zero-order valence-corrected chi connectivity index (χ0v) is 13.3. The van der Waals surface area contributed by atoms with E-state index in [9.17, 15) is 14.9 Å². The van der Waals surface area contributed by atoms with E-state index < -0.39 is 4.92 Å². The van der Waals surface area contributed by atoms with Crippen molar-refractivity contribution in [1.29, 1.82) is 0 Å². The standard InChI is InChI=1S/C16H13BrN2O3/c1-11-14(7-4-8-15(11)19(21)22)18-16(20)10-9-12-5-2-3-6-13(12)17/h2-10H,1H3,(H,18,20). The molecule has 1 amide bonds. The Labute approximate surface area is 135 Å². The Morgan fingerprint density at radius 2 is 1.95 bits per heavy atom. The molecule has 0 radical (unpaired) electrons. The van der Waals surface area contributed by atoms with E-state index in [0.717, 1.165) is 10.0 Å². The molecule has 112 valence electrons. The number of carbonyl (C=O) groups is 1. The third-order valence-corrected chi connectivity index (χ3v) is 3.80. The van der Waals surface area contributed by atoms with E-state index in [4.69, 9.17) is 0 Å². The van der Waals surface area contributed by atoms with Gasteiger partial charge in [-0.15, -0.1) is 0 Å². The summed E-state index contributed by atoms with van der Waals surface area (Å²) in [5.74, 6) is -0.348. The number of carbonyl (C=O) groups excluding carboxylic acids is 1. The predicted octanol–water partition coefficient (Wildman–Crippen LogP) is 4.32. The van der Waals surface area contributed by atoms with Crippen molar-refractivity contribution in [2.24, 2.45) is 0 Å². The van der Waals surface area contributed by atoms with Crippen molar-refractivity contribution in [3.63, 3.8) is 0 Å². The molecular weight excluding hydrogens is 348 g/mol. The average Bonchev–Trinajstić information content (AvgIpc) is 2.48. The molecule has 0 saturated heterocycles. The van der Waals surface area contributed by atoms with Crippen LogP contribution in [0.15, 0.2) is 53.0 Å². The summed E-state index contributed by atoms with van der Waals surface area (Å²) in [6, 6.07) is 12.1. The first-order chi connectivity index (χ1) is 10.5. The van der Waals surface area contributed by atoms with Crippen LogP contribution < -0.4 is 5.32 Å². The highest BCUT2D eigenvalue weighted by Crippen LogP contribution is 2.25. The largest absolute Gasteiger partial charge is 0.322 e. The first-order valence-corrected chi connectivity index (χ1v) is 7.26. The van der Waals surface area contributed by atoms with Crippen molar-refractivity contribution >= 4 is 39.3 Å². The Bertz CT molecular complexity index is 757. The lowest BCUT2D eigenvalue weighted by molar-refractivity contribution is -0.385. The number of amides is 1. The highest BCUT2D eigenvalue weighted by atomic mass is 79.9. The third kappa shape index (κ3) is 3.79. The molecule has 0 bridgehead atoms. The van der Waals surface area contributed by atoms with Gasteiger partial charge in [-0.3, -0.25) is 14.9 Å². The van der Waals surface area contributed by atoms with Crippen LogP contribution in [0.1, 0.15) is 11.1 Å². The molecule has 2 aromatic carbocycles. The molecule has 0 unspecified atom stereocenters. The summed E-state index contributed by atoms with van der Waals surface area (Å²) >= 11 is 3.39. The molecule has 1 N–H and O–H groups in total. The van der Waals surface area contributed by atoms with Crippen molar-refractivity contribution < 1.29 is 9.72 Å². The first-order valence-electron chi connectivity index (χ1n) is 6.46. The maximum absolute atomic E-state index is 11.9. The summed E-state index contributed by atoms with van der Waals surface area (Å²) < 4.78 is 0.880. The molecule has 0 aliphatic heterocycles. The van der Waals surface area contributed by atoms with Crippen molar-refractivity contribution in [3.8, 4) is 0 Å². The molecule has 5 nitrogen and oxygen atoms in total. The Balaban J connectivity index is 2.15. The van der Waals surface area contributed by atoms with Crippen LogP contribution in [0.5, 0.6) is 0 Å². The average molecular weight is 361 g/mol. The number of rotatable bonds is 4. The van der Waals surface area contributed by atoms with Crippen LogP contribution in [0.2, 0.25) is 0 Å². The lowest BCUT2D eigenvalue weighted by Gasteiger charge is -2.06. The number of nitrogens with one attached hydrogen (secondary N) is 1. The van der Waals surface area contributed by atoms with Gasteiger partial charge >= 0.3 is 0 Å². The van der Waals surface area contributed by atoms with E-state index in [0.29, 0.717) is 11.3 Å². The molecule has 0 aliphatic carbocycles. The van der Waals surface area contributed by atoms with Crippen LogP contribution in [0.4, 0.5) is 11.4 Å². The molecule has 0 saturated carbocycles. The fourth-order valence-electron chi connectivity index (χ4n) is 1.91. The van der Waals surface area contributed by atoms with Gasteiger partial charge in [0.1, 0.15) is 0 Å². The van der Waals surface area contributed by atoms with E-state index in [1.54, 1.807) is 19.1 Å². The van der Waals surface area contributed by atoms with Crippen molar-refractivity contribution in [3.05, 3.63) is 74.3 Å². The summed E-state index contributed by atoms with van der Waals surface area (Å²) in [4.78, 5) is 22.4. The van der Waals surface area contributed by atoms with Gasteiger partial charge in [0, 0.05) is 16.6 Å². The molecular formula is C16H13BrN2O3. The number of hydrogen-bond donors (Lipinski definition) is 1.